The normalized spacial score (nSPS) is 23.3. The molecule has 6 rings (SSSR count). The van der Waals surface area contributed by atoms with Gasteiger partial charge in [0.2, 0.25) is 29.5 Å². The van der Waals surface area contributed by atoms with Crippen LogP contribution >= 0.6 is 0 Å². The second-order valence-corrected chi connectivity index (χ2v) is 18.0. The number of benzene rings is 2. The summed E-state index contributed by atoms with van der Waals surface area (Å²) in [6.45, 7) is 11.7. The van der Waals surface area contributed by atoms with Gasteiger partial charge in [-0.3, -0.25) is 28.8 Å². The van der Waals surface area contributed by atoms with Gasteiger partial charge < -0.3 is 52.5 Å². The second kappa shape index (κ2) is 21.0. The van der Waals surface area contributed by atoms with Crippen molar-refractivity contribution < 1.29 is 43.2 Å². The largest absolute Gasteiger partial charge is 0.478 e. The van der Waals surface area contributed by atoms with Crippen molar-refractivity contribution >= 4 is 42.6 Å². The summed E-state index contributed by atoms with van der Waals surface area (Å²) in [5.41, 5.74) is 14.3. The maximum atomic E-state index is 13.7. The lowest BCUT2D eigenvalue weighted by molar-refractivity contribution is -0.199. The van der Waals surface area contributed by atoms with Gasteiger partial charge in [-0.15, -0.1) is 0 Å². The highest BCUT2D eigenvalue weighted by Crippen LogP contribution is 2.65. The zero-order valence-electron chi connectivity index (χ0n) is 37.0. The Hall–Kier alpha value is -4.84. The number of nitrogens with one attached hydrogen (secondary N) is 5. The van der Waals surface area contributed by atoms with Gasteiger partial charge in [0.15, 0.2) is 0 Å². The smallest absolute Gasteiger partial charge is 0.404 e. The summed E-state index contributed by atoms with van der Waals surface area (Å²) in [6, 6.07) is 10.0. The van der Waals surface area contributed by atoms with E-state index in [1.165, 1.54) is 19.4 Å². The van der Waals surface area contributed by atoms with Crippen LogP contribution in [0.4, 0.5) is 0 Å². The molecule has 2 aromatic rings. The Balaban J connectivity index is 1.15. The molecule has 6 amide bonds. The average Bonchev–Trinajstić information content (AvgIpc) is 3.59. The Bertz CT molecular complexity index is 1910. The number of aliphatic hydroxyl groups is 1. The maximum Gasteiger partial charge on any atom is 0.478 e. The number of carbonyl (C=O) groups is 6. The number of aryl methyl sites for hydroxylation is 1. The summed E-state index contributed by atoms with van der Waals surface area (Å²) < 4.78 is 12.5. The summed E-state index contributed by atoms with van der Waals surface area (Å²) in [6.07, 6.45) is 4.39. The molecule has 1 unspecified atom stereocenters. The molecule has 9 atom stereocenters. The summed E-state index contributed by atoms with van der Waals surface area (Å²) in [7, 11) is -0.719. The van der Waals surface area contributed by atoms with Crippen molar-refractivity contribution in [1.82, 2.24) is 26.6 Å². The molecule has 0 aromatic heterocycles. The van der Waals surface area contributed by atoms with Crippen molar-refractivity contribution in [2.24, 2.45) is 28.7 Å². The van der Waals surface area contributed by atoms with E-state index in [0.29, 0.717) is 36.8 Å². The minimum Gasteiger partial charge on any atom is -0.404 e. The van der Waals surface area contributed by atoms with Crippen molar-refractivity contribution in [2.45, 2.75) is 141 Å². The zero-order valence-corrected chi connectivity index (χ0v) is 37.0. The van der Waals surface area contributed by atoms with Gasteiger partial charge in [0.1, 0.15) is 24.2 Å². The average molecular weight is 860 g/mol. The van der Waals surface area contributed by atoms with Gasteiger partial charge in [-0.2, -0.15) is 0 Å². The Morgan fingerprint density at radius 3 is 2.08 bits per heavy atom. The molecule has 10 N–H and O–H groups in total. The Morgan fingerprint density at radius 2 is 1.48 bits per heavy atom. The van der Waals surface area contributed by atoms with Gasteiger partial charge in [-0.1, -0.05) is 63.6 Å². The van der Waals surface area contributed by atoms with Gasteiger partial charge in [-0.05, 0) is 118 Å². The minimum atomic E-state index is -1.53. The van der Waals surface area contributed by atoms with E-state index < -0.39 is 84.9 Å². The molecule has 4 aliphatic rings. The van der Waals surface area contributed by atoms with Crippen LogP contribution in [0.25, 0.3) is 11.1 Å². The number of hydrogen-bond donors (Lipinski definition) is 8. The van der Waals surface area contributed by atoms with Gasteiger partial charge >= 0.3 is 7.12 Å². The highest BCUT2D eigenvalue weighted by atomic mass is 16.7. The second-order valence-electron chi connectivity index (χ2n) is 18.0. The monoisotopic (exact) mass is 860 g/mol. The predicted molar refractivity (Wildman–Crippen MR) is 235 cm³/mol. The number of primary amides is 1. The van der Waals surface area contributed by atoms with Crippen molar-refractivity contribution in [3.05, 3.63) is 59.7 Å². The number of amides is 6. The molecule has 338 valence electrons. The number of hydrogen-bond acceptors (Lipinski definition) is 10. The first-order valence-corrected chi connectivity index (χ1v) is 22.1. The molecule has 62 heavy (non-hydrogen) atoms. The summed E-state index contributed by atoms with van der Waals surface area (Å²) in [5.74, 6) is -3.65. The zero-order chi connectivity index (χ0) is 45.4. The first-order valence-electron chi connectivity index (χ1n) is 22.1. The van der Waals surface area contributed by atoms with Crippen LogP contribution in [0.2, 0.25) is 0 Å². The van der Waals surface area contributed by atoms with Crippen LogP contribution in [0, 0.1) is 17.3 Å². The van der Waals surface area contributed by atoms with E-state index in [-0.39, 0.29) is 24.4 Å². The molecule has 1 aliphatic heterocycles. The van der Waals surface area contributed by atoms with E-state index in [4.69, 9.17) is 20.8 Å². The fourth-order valence-corrected chi connectivity index (χ4v) is 9.14. The lowest BCUT2D eigenvalue weighted by atomic mass is 9.43. The van der Waals surface area contributed by atoms with Crippen LogP contribution in [0.5, 0.6) is 0 Å². The molecule has 17 heteroatoms. The van der Waals surface area contributed by atoms with Crippen LogP contribution in [0.1, 0.15) is 109 Å². The summed E-state index contributed by atoms with van der Waals surface area (Å²) >= 11 is 0. The molecule has 16 nitrogen and oxygen atoms in total. The first kappa shape index (κ1) is 48.2. The van der Waals surface area contributed by atoms with E-state index in [1.54, 1.807) is 12.1 Å². The molecule has 0 spiro atoms. The molecule has 0 radical (unpaired) electrons. The van der Waals surface area contributed by atoms with E-state index in [9.17, 15) is 33.9 Å². The molecule has 4 fully saturated rings. The van der Waals surface area contributed by atoms with Gasteiger partial charge in [0.05, 0.1) is 30.7 Å². The molecular formula is C45H66BN7O9. The summed E-state index contributed by atoms with van der Waals surface area (Å²) in [5, 5.41) is 23.5. The van der Waals surface area contributed by atoms with Crippen molar-refractivity contribution in [1.29, 1.82) is 0 Å². The van der Waals surface area contributed by atoms with Crippen molar-refractivity contribution in [3.8, 4) is 11.1 Å². The molecule has 2 aromatic carbocycles. The van der Waals surface area contributed by atoms with Crippen LogP contribution in [-0.2, 0) is 39.7 Å². The predicted octanol–water partition coefficient (Wildman–Crippen LogP) is 2.04. The van der Waals surface area contributed by atoms with Crippen LogP contribution in [-0.4, -0.2) is 103 Å². The van der Waals surface area contributed by atoms with Gasteiger partial charge in [-0.25, -0.2) is 0 Å². The standard InChI is InChI=1S/C45H66BN7O9/c1-7-8-11-28-13-15-29(16-14-28)30-17-19-31(20-18-30)40(57)51-33(12-9-10-21-47)42(59)53-38(27(3)54)43(60)50-26(2)39(56)52-34(24-37(48)55)41(58)49-25-46-61-36-23-32-22-35(44(32,4)5)45(36,6)62-46/h13-20,26-27,32-36,38,54H,7-12,21-25,47H2,1-6H3,(H2,48,55)(H,49,58)(H,50,60)(H,51,57)(H,52,56)(H,53,59)/t26-,27+,32-,33-,34-,35-,36?,38-,45-/m0/s1. The third-order valence-corrected chi connectivity index (χ3v) is 13.1. The number of aliphatic hydroxyl groups excluding tert-OH is 1. The van der Waals surface area contributed by atoms with E-state index in [0.717, 1.165) is 43.2 Å². The third-order valence-electron chi connectivity index (χ3n) is 13.1. The highest BCUT2D eigenvalue weighted by molar-refractivity contribution is 6.46. The Labute approximate surface area is 365 Å². The van der Waals surface area contributed by atoms with Gasteiger partial charge in [0.25, 0.3) is 5.91 Å². The fourth-order valence-electron chi connectivity index (χ4n) is 9.14. The molecule has 2 bridgehead atoms. The Morgan fingerprint density at radius 1 is 0.823 bits per heavy atom. The van der Waals surface area contributed by atoms with E-state index in [2.05, 4.69) is 78.5 Å². The number of nitrogens with two attached hydrogens (primary N) is 2. The third kappa shape index (κ3) is 11.6. The molecule has 1 saturated heterocycles. The number of rotatable bonds is 22. The van der Waals surface area contributed by atoms with E-state index >= 15 is 0 Å². The molecule has 3 aliphatic carbocycles. The van der Waals surface area contributed by atoms with Crippen molar-refractivity contribution in [2.75, 3.05) is 13.0 Å². The lowest BCUT2D eigenvalue weighted by Crippen LogP contribution is -2.65. The SMILES string of the molecule is CCCCc1ccc(-c2ccc(C(=O)N[C@@H](CCCCN)C(=O)N[C@H](C(=O)N[C@@H](C)C(=O)N[C@@H](CC(N)=O)C(=O)NCB3OC4C[C@@H]5C[C@@H](C5(C)C)[C@]4(C)O3)[C@@H](C)O)cc2)cc1. The van der Waals surface area contributed by atoms with E-state index in [1.807, 2.05) is 12.1 Å². The molecule has 1 heterocycles. The Kier molecular flexibility index (Phi) is 16.3. The highest BCUT2D eigenvalue weighted by Gasteiger charge is 2.67. The first-order chi connectivity index (χ1) is 29.4. The van der Waals surface area contributed by atoms with Crippen LogP contribution < -0.4 is 38.1 Å². The molecular weight excluding hydrogens is 793 g/mol. The molecule has 3 saturated carbocycles. The van der Waals surface area contributed by atoms with Crippen LogP contribution in [0.15, 0.2) is 48.5 Å². The quantitative estimate of drug-likeness (QED) is 0.0632. The topological polar surface area (TPSA) is 253 Å². The number of carbonyl (C=O) groups excluding carboxylic acids is 6. The van der Waals surface area contributed by atoms with Crippen LogP contribution in [0.3, 0.4) is 0 Å². The van der Waals surface area contributed by atoms with Crippen molar-refractivity contribution in [3.63, 3.8) is 0 Å². The summed E-state index contributed by atoms with van der Waals surface area (Å²) in [4.78, 5) is 79.1. The maximum absolute atomic E-state index is 13.7. The lowest BCUT2D eigenvalue weighted by Gasteiger charge is -2.64. The fraction of sp³-hybridized carbons (Fsp3) is 0.600. The van der Waals surface area contributed by atoms with Gasteiger partial charge in [0, 0.05) is 5.56 Å². The minimum absolute atomic E-state index is 0.0237. The number of unbranched alkanes of at least 4 members (excludes halogenated alkanes) is 2.